The van der Waals surface area contributed by atoms with Crippen molar-refractivity contribution in [3.8, 4) is 0 Å². The van der Waals surface area contributed by atoms with Crippen molar-refractivity contribution >= 4 is 17.4 Å². The molecule has 0 spiro atoms. The minimum atomic E-state index is -0.223. The van der Waals surface area contributed by atoms with Gasteiger partial charge in [0.05, 0.1) is 11.2 Å². The minimum absolute atomic E-state index is 0.223. The van der Waals surface area contributed by atoms with Crippen LogP contribution in [0.2, 0.25) is 5.02 Å². The molecule has 1 aromatic heterocycles. The van der Waals surface area contributed by atoms with Gasteiger partial charge in [-0.15, -0.1) is 0 Å². The van der Waals surface area contributed by atoms with Gasteiger partial charge in [0.25, 0.3) is 0 Å². The van der Waals surface area contributed by atoms with Gasteiger partial charge in [0, 0.05) is 20.1 Å². The largest absolute Gasteiger partial charge is 0.358 e. The molecule has 1 aromatic rings. The van der Waals surface area contributed by atoms with Crippen molar-refractivity contribution in [2.45, 2.75) is 6.54 Å². The quantitative estimate of drug-likeness (QED) is 0.585. The molecule has 5 heteroatoms. The van der Waals surface area contributed by atoms with E-state index in [-0.39, 0.29) is 5.69 Å². The van der Waals surface area contributed by atoms with E-state index in [2.05, 4.69) is 4.98 Å². The summed E-state index contributed by atoms with van der Waals surface area (Å²) in [5, 5.41) is 0.537. The van der Waals surface area contributed by atoms with Gasteiger partial charge in [-0.3, -0.25) is 4.57 Å². The molecule has 2 heterocycles. The average molecular weight is 186 g/mol. The van der Waals surface area contributed by atoms with Gasteiger partial charge in [-0.05, 0) is 0 Å². The third kappa shape index (κ3) is 0.914. The van der Waals surface area contributed by atoms with Crippen molar-refractivity contribution < 1.29 is 0 Å². The van der Waals surface area contributed by atoms with Crippen LogP contribution >= 0.6 is 11.6 Å². The van der Waals surface area contributed by atoms with Gasteiger partial charge in [-0.1, -0.05) is 11.6 Å². The van der Waals surface area contributed by atoms with Crippen molar-refractivity contribution in [2.24, 2.45) is 0 Å². The van der Waals surface area contributed by atoms with Gasteiger partial charge in [0.2, 0.25) is 0 Å². The third-order valence-corrected chi connectivity index (χ3v) is 2.28. The molecule has 0 atom stereocenters. The lowest BCUT2D eigenvalue weighted by molar-refractivity contribution is 0.737. The number of rotatable bonds is 0. The highest BCUT2D eigenvalue weighted by Gasteiger charge is 2.19. The second-order valence-electron chi connectivity index (χ2n) is 2.79. The maximum absolute atomic E-state index is 11.2. The van der Waals surface area contributed by atoms with Crippen LogP contribution in [0.4, 0.5) is 5.82 Å². The Balaban J connectivity index is 2.73. The van der Waals surface area contributed by atoms with E-state index < -0.39 is 0 Å². The molecule has 4 nitrogen and oxygen atoms in total. The zero-order valence-electron chi connectivity index (χ0n) is 6.62. The van der Waals surface area contributed by atoms with E-state index in [0.717, 1.165) is 12.4 Å². The van der Waals surface area contributed by atoms with Gasteiger partial charge >= 0.3 is 5.69 Å². The van der Waals surface area contributed by atoms with Crippen LogP contribution < -0.4 is 10.6 Å². The van der Waals surface area contributed by atoms with Crippen LogP contribution in [0, 0.1) is 0 Å². The van der Waals surface area contributed by atoms with E-state index >= 15 is 0 Å². The summed E-state index contributed by atoms with van der Waals surface area (Å²) in [6, 6.07) is 0. The number of halogens is 1. The molecule has 12 heavy (non-hydrogen) atoms. The lowest BCUT2D eigenvalue weighted by Crippen LogP contribution is -2.20. The number of likely N-dealkylation sites (N-methyl/N-ethyl adjacent to an activating group) is 1. The zero-order chi connectivity index (χ0) is 8.72. The normalized spacial score (nSPS) is 15.0. The Hall–Kier alpha value is -1.03. The molecule has 0 saturated heterocycles. The Morgan fingerprint density at radius 1 is 1.58 bits per heavy atom. The zero-order valence-corrected chi connectivity index (χ0v) is 7.38. The second kappa shape index (κ2) is 2.48. The molecule has 0 aromatic carbocycles. The lowest BCUT2D eigenvalue weighted by atomic mass is 10.5. The first-order valence-corrected chi connectivity index (χ1v) is 4.04. The Bertz CT molecular complexity index is 373. The highest BCUT2D eigenvalue weighted by atomic mass is 35.5. The van der Waals surface area contributed by atoms with Crippen LogP contribution in [0.3, 0.4) is 0 Å². The van der Waals surface area contributed by atoms with Crippen molar-refractivity contribution in [1.29, 1.82) is 0 Å². The molecule has 1 aliphatic heterocycles. The van der Waals surface area contributed by atoms with Crippen LogP contribution in [0.15, 0.2) is 11.0 Å². The number of aromatic nitrogens is 2. The Labute approximate surface area is 74.4 Å². The molecule has 64 valence electrons. The van der Waals surface area contributed by atoms with Gasteiger partial charge in [0.15, 0.2) is 0 Å². The maximum Gasteiger partial charge on any atom is 0.349 e. The van der Waals surface area contributed by atoms with Crippen molar-refractivity contribution in [1.82, 2.24) is 9.55 Å². The fourth-order valence-electron chi connectivity index (χ4n) is 1.40. The SMILES string of the molecule is CN1CCn2c1c(Cl)cnc2=O. The van der Waals surface area contributed by atoms with Crippen LogP contribution in [0.25, 0.3) is 0 Å². The Morgan fingerprint density at radius 3 is 3.00 bits per heavy atom. The predicted molar refractivity (Wildman–Crippen MR) is 46.8 cm³/mol. The molecule has 0 unspecified atom stereocenters. The van der Waals surface area contributed by atoms with E-state index in [1.807, 2.05) is 11.9 Å². The monoisotopic (exact) mass is 185 g/mol. The summed E-state index contributed by atoms with van der Waals surface area (Å²) in [6.45, 7) is 1.50. The van der Waals surface area contributed by atoms with E-state index in [0.29, 0.717) is 11.6 Å². The van der Waals surface area contributed by atoms with E-state index in [4.69, 9.17) is 11.6 Å². The summed E-state index contributed by atoms with van der Waals surface area (Å²) in [7, 11) is 1.91. The van der Waals surface area contributed by atoms with Crippen LogP contribution in [-0.4, -0.2) is 23.1 Å². The summed E-state index contributed by atoms with van der Waals surface area (Å²) in [5.74, 6) is 0.775. The lowest BCUT2D eigenvalue weighted by Gasteiger charge is -2.11. The molecule has 0 amide bonds. The first kappa shape index (κ1) is 7.61. The molecular formula is C7H8ClN3O. The third-order valence-electron chi connectivity index (χ3n) is 2.01. The summed E-state index contributed by atoms with van der Waals surface area (Å²) in [4.78, 5) is 16.8. The number of anilines is 1. The minimum Gasteiger partial charge on any atom is -0.358 e. The molecule has 0 radical (unpaired) electrons. The van der Waals surface area contributed by atoms with Crippen molar-refractivity contribution in [3.63, 3.8) is 0 Å². The molecule has 0 bridgehead atoms. The number of nitrogens with zero attached hydrogens (tertiary/aromatic N) is 3. The smallest absolute Gasteiger partial charge is 0.349 e. The highest BCUT2D eigenvalue weighted by Crippen LogP contribution is 2.25. The topological polar surface area (TPSA) is 38.1 Å². The molecule has 2 rings (SSSR count). The first-order valence-electron chi connectivity index (χ1n) is 3.66. The number of hydrogen-bond donors (Lipinski definition) is 0. The predicted octanol–water partition coefficient (Wildman–Crippen LogP) is 0.346. The molecule has 0 N–H and O–H groups in total. The summed E-state index contributed by atoms with van der Waals surface area (Å²) in [6.07, 6.45) is 1.40. The molecule has 0 fully saturated rings. The summed E-state index contributed by atoms with van der Waals surface area (Å²) >= 11 is 5.87. The second-order valence-corrected chi connectivity index (χ2v) is 3.19. The van der Waals surface area contributed by atoms with Crippen molar-refractivity contribution in [2.75, 3.05) is 18.5 Å². The molecular weight excluding hydrogens is 178 g/mol. The highest BCUT2D eigenvalue weighted by molar-refractivity contribution is 6.32. The Kier molecular flexibility index (Phi) is 1.58. The van der Waals surface area contributed by atoms with Crippen molar-refractivity contribution in [3.05, 3.63) is 21.7 Å². The van der Waals surface area contributed by atoms with Crippen LogP contribution in [-0.2, 0) is 6.54 Å². The Morgan fingerprint density at radius 2 is 2.33 bits per heavy atom. The first-order chi connectivity index (χ1) is 5.70. The number of hydrogen-bond acceptors (Lipinski definition) is 3. The van der Waals surface area contributed by atoms with Gasteiger partial charge in [-0.2, -0.15) is 4.98 Å². The van der Waals surface area contributed by atoms with E-state index in [1.165, 1.54) is 6.20 Å². The maximum atomic E-state index is 11.2. The van der Waals surface area contributed by atoms with Gasteiger partial charge < -0.3 is 4.90 Å². The van der Waals surface area contributed by atoms with Crippen LogP contribution in [0.1, 0.15) is 0 Å². The molecule has 1 aliphatic rings. The summed E-state index contributed by atoms with van der Waals surface area (Å²) < 4.78 is 1.59. The van der Waals surface area contributed by atoms with Gasteiger partial charge in [-0.25, -0.2) is 4.79 Å². The number of fused-ring (bicyclic) bond motifs is 1. The van der Waals surface area contributed by atoms with E-state index in [1.54, 1.807) is 4.57 Å². The average Bonchev–Trinajstić information content (AvgIpc) is 2.42. The van der Waals surface area contributed by atoms with Crippen LogP contribution in [0.5, 0.6) is 0 Å². The van der Waals surface area contributed by atoms with Gasteiger partial charge in [0.1, 0.15) is 5.82 Å². The fourth-order valence-corrected chi connectivity index (χ4v) is 1.70. The standard InChI is InChI=1S/C7H8ClN3O/c1-10-2-3-11-6(10)5(8)4-9-7(11)12/h4H,2-3H2,1H3. The molecule has 0 aliphatic carbocycles. The summed E-state index contributed by atoms with van der Waals surface area (Å²) in [5.41, 5.74) is -0.223. The van der Waals surface area contributed by atoms with E-state index in [9.17, 15) is 4.79 Å². The fraction of sp³-hybridized carbons (Fsp3) is 0.429. The molecule has 0 saturated carbocycles.